The van der Waals surface area contributed by atoms with E-state index >= 15 is 0 Å². The highest BCUT2D eigenvalue weighted by Crippen LogP contribution is 2.19. The van der Waals surface area contributed by atoms with Gasteiger partial charge < -0.3 is 5.11 Å². The number of hydrogen-bond acceptors (Lipinski definition) is 4. The second-order valence-corrected chi connectivity index (χ2v) is 4.06. The van der Waals surface area contributed by atoms with Crippen LogP contribution in [0.5, 0.6) is 5.75 Å². The number of aromatic hydroxyl groups is 1. The molecule has 5 nitrogen and oxygen atoms in total. The molecular formula is C15H11NO4. The number of allylic oxidation sites excluding steroid dienone is 1. The number of benzene rings is 2. The second kappa shape index (κ2) is 5.79. The van der Waals surface area contributed by atoms with Crippen LogP contribution in [0.25, 0.3) is 6.08 Å². The van der Waals surface area contributed by atoms with Gasteiger partial charge >= 0.3 is 0 Å². The molecule has 0 spiro atoms. The van der Waals surface area contributed by atoms with Crippen LogP contribution in [0.2, 0.25) is 0 Å². The van der Waals surface area contributed by atoms with Crippen molar-refractivity contribution >= 4 is 17.5 Å². The number of rotatable bonds is 4. The maximum absolute atomic E-state index is 12.0. The first-order chi connectivity index (χ1) is 9.58. The molecule has 0 saturated heterocycles. The maximum Gasteiger partial charge on any atom is 0.280 e. The van der Waals surface area contributed by atoms with Crippen molar-refractivity contribution < 1.29 is 14.8 Å². The molecule has 0 radical (unpaired) electrons. The molecule has 0 atom stereocenters. The summed E-state index contributed by atoms with van der Waals surface area (Å²) in [6.07, 6.45) is 2.81. The number of nitro benzene ring substituents is 1. The molecule has 20 heavy (non-hydrogen) atoms. The van der Waals surface area contributed by atoms with Crippen LogP contribution in [0.4, 0.5) is 5.69 Å². The molecule has 0 bridgehead atoms. The smallest absolute Gasteiger partial charge is 0.280 e. The molecule has 5 heteroatoms. The van der Waals surface area contributed by atoms with Crippen molar-refractivity contribution in [1.29, 1.82) is 0 Å². The normalized spacial score (nSPS) is 10.6. The lowest BCUT2D eigenvalue weighted by Gasteiger charge is -1.98. The summed E-state index contributed by atoms with van der Waals surface area (Å²) in [7, 11) is 0. The quantitative estimate of drug-likeness (QED) is 0.400. The van der Waals surface area contributed by atoms with Crippen LogP contribution < -0.4 is 0 Å². The molecule has 0 aliphatic rings. The van der Waals surface area contributed by atoms with Crippen molar-refractivity contribution in [1.82, 2.24) is 0 Å². The van der Waals surface area contributed by atoms with Crippen LogP contribution in [0.3, 0.4) is 0 Å². The molecule has 2 aromatic carbocycles. The van der Waals surface area contributed by atoms with Crippen LogP contribution in [0.15, 0.2) is 54.6 Å². The van der Waals surface area contributed by atoms with E-state index in [9.17, 15) is 14.9 Å². The van der Waals surface area contributed by atoms with Gasteiger partial charge in [-0.15, -0.1) is 0 Å². The molecule has 1 N–H and O–H groups in total. The Bertz CT molecular complexity index is 675. The lowest BCUT2D eigenvalue weighted by atomic mass is 10.1. The van der Waals surface area contributed by atoms with Gasteiger partial charge in [0.1, 0.15) is 5.75 Å². The van der Waals surface area contributed by atoms with Crippen molar-refractivity contribution in [2.24, 2.45) is 0 Å². The fourth-order valence-electron chi connectivity index (χ4n) is 1.69. The molecule has 0 unspecified atom stereocenters. The zero-order valence-electron chi connectivity index (χ0n) is 10.4. The van der Waals surface area contributed by atoms with E-state index in [1.807, 2.05) is 0 Å². The summed E-state index contributed by atoms with van der Waals surface area (Å²) in [5, 5.41) is 20.0. The topological polar surface area (TPSA) is 80.4 Å². The average molecular weight is 269 g/mol. The summed E-state index contributed by atoms with van der Waals surface area (Å²) in [6, 6.07) is 12.1. The Labute approximate surface area is 115 Å². The summed E-state index contributed by atoms with van der Waals surface area (Å²) in [5.41, 5.74) is 0.551. The Morgan fingerprint density at radius 1 is 1.10 bits per heavy atom. The van der Waals surface area contributed by atoms with Crippen LogP contribution in [-0.4, -0.2) is 15.8 Å². The van der Waals surface area contributed by atoms with Gasteiger partial charge in [0.15, 0.2) is 5.78 Å². The molecule has 2 rings (SSSR count). The van der Waals surface area contributed by atoms with Crippen LogP contribution >= 0.6 is 0 Å². The van der Waals surface area contributed by atoms with Gasteiger partial charge in [-0.2, -0.15) is 0 Å². The molecule has 0 aliphatic heterocycles. The molecule has 0 aliphatic carbocycles. The molecule has 100 valence electrons. The van der Waals surface area contributed by atoms with E-state index in [1.54, 1.807) is 24.3 Å². The van der Waals surface area contributed by atoms with Gasteiger partial charge in [-0.25, -0.2) is 0 Å². The fraction of sp³-hybridized carbons (Fsp3) is 0. The van der Waals surface area contributed by atoms with E-state index < -0.39 is 10.7 Å². The third-order valence-corrected chi connectivity index (χ3v) is 2.69. The first-order valence-corrected chi connectivity index (χ1v) is 5.83. The van der Waals surface area contributed by atoms with E-state index in [-0.39, 0.29) is 17.0 Å². The Morgan fingerprint density at radius 3 is 2.40 bits per heavy atom. The summed E-state index contributed by atoms with van der Waals surface area (Å²) < 4.78 is 0. The number of carbonyl (C=O) groups is 1. The monoisotopic (exact) mass is 269 g/mol. The summed E-state index contributed by atoms with van der Waals surface area (Å²) in [4.78, 5) is 22.2. The fourth-order valence-corrected chi connectivity index (χ4v) is 1.69. The minimum Gasteiger partial charge on any atom is -0.508 e. The lowest BCUT2D eigenvalue weighted by Crippen LogP contribution is -2.00. The van der Waals surface area contributed by atoms with Gasteiger partial charge in [0.05, 0.1) is 10.5 Å². The molecule has 0 saturated carbocycles. The van der Waals surface area contributed by atoms with Crippen LogP contribution in [0, 0.1) is 10.1 Å². The number of ketones is 1. The summed E-state index contributed by atoms with van der Waals surface area (Å²) in [5.74, 6) is -0.308. The molecule has 0 amide bonds. The van der Waals surface area contributed by atoms with Gasteiger partial charge in [-0.3, -0.25) is 14.9 Å². The minimum absolute atomic E-state index is 0.0486. The van der Waals surface area contributed by atoms with Crippen LogP contribution in [0.1, 0.15) is 15.9 Å². The van der Waals surface area contributed by atoms with E-state index in [0.29, 0.717) is 0 Å². The van der Waals surface area contributed by atoms with Gasteiger partial charge in [0.2, 0.25) is 0 Å². The third-order valence-electron chi connectivity index (χ3n) is 2.69. The number of phenolic OH excluding ortho intramolecular Hbond substituents is 1. The first kappa shape index (κ1) is 13.5. The Kier molecular flexibility index (Phi) is 3.91. The van der Waals surface area contributed by atoms with Crippen LogP contribution in [-0.2, 0) is 0 Å². The highest BCUT2D eigenvalue weighted by molar-refractivity contribution is 6.09. The molecule has 0 fully saturated rings. The zero-order valence-corrected chi connectivity index (χ0v) is 10.4. The summed E-state index contributed by atoms with van der Waals surface area (Å²) >= 11 is 0. The van der Waals surface area contributed by atoms with Crippen molar-refractivity contribution in [2.75, 3.05) is 0 Å². The van der Waals surface area contributed by atoms with E-state index in [0.717, 1.165) is 5.56 Å². The Morgan fingerprint density at radius 2 is 1.75 bits per heavy atom. The number of hydrogen-bond donors (Lipinski definition) is 1. The highest BCUT2D eigenvalue weighted by atomic mass is 16.6. The standard InChI is InChI=1S/C15H11NO4/c17-12-8-5-11(6-9-12)7-10-15(18)13-3-1-2-4-14(13)16(19)20/h1-10,17H. The van der Waals surface area contributed by atoms with Gasteiger partial charge in [-0.1, -0.05) is 30.3 Å². The van der Waals surface area contributed by atoms with Crippen molar-refractivity contribution in [3.05, 3.63) is 75.8 Å². The number of phenols is 1. The van der Waals surface area contributed by atoms with E-state index in [2.05, 4.69) is 0 Å². The van der Waals surface area contributed by atoms with Crippen molar-refractivity contribution in [3.63, 3.8) is 0 Å². The summed E-state index contributed by atoms with van der Waals surface area (Å²) in [6.45, 7) is 0. The molecular weight excluding hydrogens is 258 g/mol. The highest BCUT2D eigenvalue weighted by Gasteiger charge is 2.16. The number of para-hydroxylation sites is 1. The van der Waals surface area contributed by atoms with Gasteiger partial charge in [-0.05, 0) is 29.8 Å². The maximum atomic E-state index is 12.0. The zero-order chi connectivity index (χ0) is 14.5. The predicted octanol–water partition coefficient (Wildman–Crippen LogP) is 3.20. The van der Waals surface area contributed by atoms with Crippen molar-refractivity contribution in [2.45, 2.75) is 0 Å². The number of carbonyl (C=O) groups excluding carboxylic acids is 1. The average Bonchev–Trinajstić information content (AvgIpc) is 2.46. The Hall–Kier alpha value is -2.95. The molecule has 0 heterocycles. The Balaban J connectivity index is 2.24. The van der Waals surface area contributed by atoms with E-state index in [1.165, 1.54) is 36.4 Å². The third kappa shape index (κ3) is 3.08. The largest absolute Gasteiger partial charge is 0.508 e. The SMILES string of the molecule is O=C(C=Cc1ccc(O)cc1)c1ccccc1[N+](=O)[O-]. The predicted molar refractivity (Wildman–Crippen MR) is 74.6 cm³/mol. The molecule has 2 aromatic rings. The first-order valence-electron chi connectivity index (χ1n) is 5.83. The minimum atomic E-state index is -0.582. The number of nitrogens with zero attached hydrogens (tertiary/aromatic N) is 1. The van der Waals surface area contributed by atoms with Gasteiger partial charge in [0.25, 0.3) is 5.69 Å². The van der Waals surface area contributed by atoms with E-state index in [4.69, 9.17) is 5.11 Å². The number of nitro groups is 1. The second-order valence-electron chi connectivity index (χ2n) is 4.06. The van der Waals surface area contributed by atoms with Crippen molar-refractivity contribution in [3.8, 4) is 5.75 Å². The molecule has 0 aromatic heterocycles. The van der Waals surface area contributed by atoms with Gasteiger partial charge in [0, 0.05) is 6.07 Å². The lowest BCUT2D eigenvalue weighted by molar-refractivity contribution is -0.385.